The molecule has 0 spiro atoms. The van der Waals surface area contributed by atoms with Gasteiger partial charge in [-0.05, 0) is 41.1 Å². The third kappa shape index (κ3) is 4.96. The van der Waals surface area contributed by atoms with Gasteiger partial charge in [0.2, 0.25) is 10.0 Å². The molecule has 0 radical (unpaired) electrons. The van der Waals surface area contributed by atoms with E-state index in [0.717, 1.165) is 15.1 Å². The predicted molar refractivity (Wildman–Crippen MR) is 117 cm³/mol. The van der Waals surface area contributed by atoms with Gasteiger partial charge in [-0.1, -0.05) is 35.9 Å². The van der Waals surface area contributed by atoms with Crippen LogP contribution >= 0.6 is 11.6 Å². The van der Waals surface area contributed by atoms with Gasteiger partial charge < -0.3 is 15.2 Å². The van der Waals surface area contributed by atoms with Crippen molar-refractivity contribution < 1.29 is 27.9 Å². The number of nitrogens with zero attached hydrogens (tertiary/aromatic N) is 1. The third-order valence-electron chi connectivity index (χ3n) is 4.41. The van der Waals surface area contributed by atoms with Crippen molar-refractivity contribution >= 4 is 50.0 Å². The van der Waals surface area contributed by atoms with Crippen molar-refractivity contribution in [3.05, 3.63) is 65.2 Å². The highest BCUT2D eigenvalue weighted by atomic mass is 35.5. The van der Waals surface area contributed by atoms with Crippen LogP contribution in [0.2, 0.25) is 5.02 Å². The number of rotatable bonds is 6. The van der Waals surface area contributed by atoms with Crippen molar-refractivity contribution in [3.8, 4) is 5.75 Å². The minimum Gasteiger partial charge on any atom is -0.507 e. The van der Waals surface area contributed by atoms with E-state index >= 15 is 0 Å². The molecule has 10 heteroatoms. The number of fused-ring (bicyclic) bond motifs is 1. The molecule has 3 rings (SSSR count). The van der Waals surface area contributed by atoms with E-state index in [1.165, 1.54) is 44.4 Å². The Kier molecular flexibility index (Phi) is 6.49. The molecule has 0 bridgehead atoms. The molecule has 0 aromatic heterocycles. The summed E-state index contributed by atoms with van der Waals surface area (Å²) in [7, 11) is -0.969. The van der Waals surface area contributed by atoms with E-state index in [-0.39, 0.29) is 26.9 Å². The summed E-state index contributed by atoms with van der Waals surface area (Å²) >= 11 is 6.04. The molecule has 0 fully saturated rings. The van der Waals surface area contributed by atoms with E-state index in [0.29, 0.717) is 0 Å². The number of aromatic hydroxyl groups is 1. The van der Waals surface area contributed by atoms with Crippen molar-refractivity contribution in [2.24, 2.45) is 0 Å². The summed E-state index contributed by atoms with van der Waals surface area (Å²) in [5, 5.41) is 14.1. The lowest BCUT2D eigenvalue weighted by Gasteiger charge is -2.14. The number of sulfonamides is 1. The van der Waals surface area contributed by atoms with Gasteiger partial charge >= 0.3 is 5.97 Å². The Balaban J connectivity index is 1.71. The Morgan fingerprint density at radius 3 is 2.35 bits per heavy atom. The van der Waals surface area contributed by atoms with Crippen molar-refractivity contribution in [2.45, 2.75) is 4.90 Å². The van der Waals surface area contributed by atoms with Gasteiger partial charge in [0.1, 0.15) is 11.3 Å². The molecule has 3 aromatic rings. The fourth-order valence-corrected chi connectivity index (χ4v) is 3.85. The maximum absolute atomic E-state index is 12.3. The van der Waals surface area contributed by atoms with Crippen LogP contribution in [0.3, 0.4) is 0 Å². The Morgan fingerprint density at radius 1 is 1.06 bits per heavy atom. The summed E-state index contributed by atoms with van der Waals surface area (Å²) in [6.45, 7) is -0.661. The number of hydrogen-bond acceptors (Lipinski definition) is 6. The minimum atomic E-state index is -3.73. The zero-order valence-corrected chi connectivity index (χ0v) is 18.2. The minimum absolute atomic E-state index is 0.0548. The molecule has 1 amide bonds. The monoisotopic (exact) mass is 462 g/mol. The topological polar surface area (TPSA) is 113 Å². The number of phenols is 1. The van der Waals surface area contributed by atoms with Crippen molar-refractivity contribution in [1.82, 2.24) is 4.31 Å². The van der Waals surface area contributed by atoms with Crippen LogP contribution in [0.15, 0.2) is 59.5 Å². The normalized spacial score (nSPS) is 11.5. The second kappa shape index (κ2) is 8.93. The first kappa shape index (κ1) is 22.5. The lowest BCUT2D eigenvalue weighted by atomic mass is 10.1. The second-order valence-corrected chi connectivity index (χ2v) is 9.33. The molecule has 8 nitrogen and oxygen atoms in total. The molecule has 0 atom stereocenters. The molecule has 162 valence electrons. The number of nitrogens with one attached hydrogen (secondary N) is 1. The molecule has 0 saturated carbocycles. The van der Waals surface area contributed by atoms with Gasteiger partial charge in [0.15, 0.2) is 6.61 Å². The molecule has 0 aliphatic carbocycles. The quantitative estimate of drug-likeness (QED) is 0.544. The van der Waals surface area contributed by atoms with E-state index in [2.05, 4.69) is 5.32 Å². The van der Waals surface area contributed by atoms with E-state index in [1.807, 2.05) is 0 Å². The summed E-state index contributed by atoms with van der Waals surface area (Å²) < 4.78 is 30.5. The van der Waals surface area contributed by atoms with Gasteiger partial charge in [-0.15, -0.1) is 0 Å². The van der Waals surface area contributed by atoms with E-state index in [1.54, 1.807) is 24.3 Å². The fraction of sp³-hybridized carbons (Fsp3) is 0.143. The number of carbonyl (C=O) groups excluding carboxylic acids is 2. The van der Waals surface area contributed by atoms with Gasteiger partial charge in [0.05, 0.1) is 15.6 Å². The summed E-state index contributed by atoms with van der Waals surface area (Å²) in [4.78, 5) is 24.5. The number of ether oxygens (including phenoxy) is 1. The zero-order valence-electron chi connectivity index (χ0n) is 16.6. The van der Waals surface area contributed by atoms with E-state index in [4.69, 9.17) is 16.3 Å². The van der Waals surface area contributed by atoms with Gasteiger partial charge in [0.25, 0.3) is 5.91 Å². The molecule has 3 aromatic carbocycles. The molecule has 0 heterocycles. The van der Waals surface area contributed by atoms with Crippen LogP contribution in [0.25, 0.3) is 10.8 Å². The van der Waals surface area contributed by atoms with Crippen LogP contribution in [0, 0.1) is 0 Å². The summed E-state index contributed by atoms with van der Waals surface area (Å²) in [6, 6.07) is 13.9. The number of benzene rings is 3. The maximum Gasteiger partial charge on any atom is 0.342 e. The number of phenolic OH excluding ortho intramolecular Hbond substituents is 1. The molecule has 0 aliphatic heterocycles. The Morgan fingerprint density at radius 2 is 1.71 bits per heavy atom. The van der Waals surface area contributed by atoms with Gasteiger partial charge in [-0.3, -0.25) is 4.79 Å². The first-order valence-electron chi connectivity index (χ1n) is 9.00. The van der Waals surface area contributed by atoms with Crippen LogP contribution < -0.4 is 5.32 Å². The van der Waals surface area contributed by atoms with E-state index < -0.39 is 28.5 Å². The number of esters is 1. The Bertz CT molecular complexity index is 1270. The molecular formula is C21H19ClN2O6S. The van der Waals surface area contributed by atoms with Crippen molar-refractivity contribution in [2.75, 3.05) is 26.0 Å². The van der Waals surface area contributed by atoms with Crippen LogP contribution in [-0.4, -0.2) is 50.4 Å². The van der Waals surface area contributed by atoms with Crippen LogP contribution in [0.4, 0.5) is 5.69 Å². The zero-order chi connectivity index (χ0) is 22.8. The average molecular weight is 463 g/mol. The number of hydrogen-bond donors (Lipinski definition) is 2. The third-order valence-corrected chi connectivity index (χ3v) is 6.55. The Hall–Kier alpha value is -3.14. The molecule has 2 N–H and O–H groups in total. The predicted octanol–water partition coefficient (Wildman–Crippen LogP) is 3.24. The average Bonchev–Trinajstić information content (AvgIpc) is 2.72. The highest BCUT2D eigenvalue weighted by molar-refractivity contribution is 7.89. The molecule has 0 unspecified atom stereocenters. The molecule has 31 heavy (non-hydrogen) atoms. The highest BCUT2D eigenvalue weighted by Gasteiger charge is 2.20. The number of anilines is 1. The second-order valence-electron chi connectivity index (χ2n) is 6.77. The number of carbonyl (C=O) groups is 2. The summed E-state index contributed by atoms with van der Waals surface area (Å²) in [5.74, 6) is -1.88. The van der Waals surface area contributed by atoms with E-state index in [9.17, 15) is 23.1 Å². The first-order valence-corrected chi connectivity index (χ1v) is 10.8. The van der Waals surface area contributed by atoms with Crippen LogP contribution in [-0.2, 0) is 19.6 Å². The van der Waals surface area contributed by atoms with Gasteiger partial charge in [-0.25, -0.2) is 17.5 Å². The SMILES string of the molecule is CN(C)S(=O)(=O)c1ccc(Cl)c(NC(=O)COC(=O)c2cc3ccccc3cc2O)c1. The smallest absolute Gasteiger partial charge is 0.342 e. The molecular weight excluding hydrogens is 444 g/mol. The van der Waals surface area contributed by atoms with Crippen LogP contribution in [0.5, 0.6) is 5.75 Å². The lowest BCUT2D eigenvalue weighted by molar-refractivity contribution is -0.119. The van der Waals surface area contributed by atoms with Crippen molar-refractivity contribution in [3.63, 3.8) is 0 Å². The maximum atomic E-state index is 12.3. The first-order chi connectivity index (χ1) is 14.6. The molecule has 0 saturated heterocycles. The number of halogens is 1. The standard InChI is InChI=1S/C21H19ClN2O6S/c1-24(2)31(28,29)15-7-8-17(22)18(11-15)23-20(26)12-30-21(27)16-9-13-5-3-4-6-14(13)10-19(16)25/h3-11,25H,12H2,1-2H3,(H,23,26). The summed E-state index contributed by atoms with van der Waals surface area (Å²) in [5.41, 5.74) is -0.0252. The summed E-state index contributed by atoms with van der Waals surface area (Å²) in [6.07, 6.45) is 0. The van der Waals surface area contributed by atoms with Gasteiger partial charge in [0, 0.05) is 14.1 Å². The fourth-order valence-electron chi connectivity index (χ4n) is 2.76. The largest absolute Gasteiger partial charge is 0.507 e. The lowest BCUT2D eigenvalue weighted by Crippen LogP contribution is -2.23. The number of amides is 1. The highest BCUT2D eigenvalue weighted by Crippen LogP contribution is 2.27. The van der Waals surface area contributed by atoms with Gasteiger partial charge in [-0.2, -0.15) is 0 Å². The Labute approximate surface area is 184 Å². The van der Waals surface area contributed by atoms with Crippen LogP contribution in [0.1, 0.15) is 10.4 Å². The van der Waals surface area contributed by atoms with Crippen molar-refractivity contribution in [1.29, 1.82) is 0 Å². The molecule has 0 aliphatic rings.